The average molecular weight is 897 g/mol. The van der Waals surface area contributed by atoms with Crippen LogP contribution in [0.4, 0.5) is 18.4 Å². The Hall–Kier alpha value is -6.39. The number of urea groups is 1. The highest BCUT2D eigenvalue weighted by Gasteiger charge is 2.47. The third kappa shape index (κ3) is 15.1. The second-order valence-electron chi connectivity index (χ2n) is 17.2. The van der Waals surface area contributed by atoms with Crippen LogP contribution in [0.25, 0.3) is 0 Å². The Morgan fingerprint density at radius 2 is 1.43 bits per heavy atom. The molecule has 5 amide bonds. The number of ketones is 2. The summed E-state index contributed by atoms with van der Waals surface area (Å²) >= 11 is 0. The van der Waals surface area contributed by atoms with E-state index in [2.05, 4.69) is 20.9 Å². The van der Waals surface area contributed by atoms with Crippen LogP contribution in [-0.2, 0) is 43.1 Å². The maximum Gasteiger partial charge on any atom is 0.407 e. The molecule has 0 spiro atoms. The van der Waals surface area contributed by atoms with Crippen molar-refractivity contribution in [2.45, 2.75) is 83.4 Å². The van der Waals surface area contributed by atoms with Crippen molar-refractivity contribution >= 4 is 35.5 Å². The number of unbranched alkanes of at least 4 members (excludes halogenated alkanes) is 1. The van der Waals surface area contributed by atoms with Crippen LogP contribution in [0.2, 0.25) is 0 Å². The molecule has 346 valence electrons. The van der Waals surface area contributed by atoms with E-state index in [1.165, 1.54) is 53.6 Å². The summed E-state index contributed by atoms with van der Waals surface area (Å²) in [5.41, 5.74) is 6.01. The van der Waals surface area contributed by atoms with Gasteiger partial charge in [-0.1, -0.05) is 67.1 Å². The number of amides is 5. The van der Waals surface area contributed by atoms with Crippen molar-refractivity contribution in [3.63, 3.8) is 0 Å². The number of Topliss-reactive ketones (excluding diaryl/α,β-unsaturated/α-hetero) is 2. The minimum absolute atomic E-state index is 0.00392. The van der Waals surface area contributed by atoms with Crippen LogP contribution in [-0.4, -0.2) is 95.9 Å². The number of hydrogen-bond donors (Lipinski definition) is 4. The summed E-state index contributed by atoms with van der Waals surface area (Å²) in [5.74, 6) is -4.97. The highest BCUT2D eigenvalue weighted by molar-refractivity contribution is 6.14. The number of morpholine rings is 1. The van der Waals surface area contributed by atoms with Gasteiger partial charge in [0.1, 0.15) is 34.8 Å². The number of benzene rings is 3. The number of alkyl carbamates (subject to hydrolysis) is 1. The Balaban J connectivity index is 1.48. The van der Waals surface area contributed by atoms with E-state index in [-0.39, 0.29) is 50.4 Å². The van der Waals surface area contributed by atoms with E-state index in [1.54, 1.807) is 75.4 Å². The van der Waals surface area contributed by atoms with Gasteiger partial charge in [0, 0.05) is 44.6 Å². The second-order valence-corrected chi connectivity index (χ2v) is 17.2. The molecule has 4 unspecified atom stereocenters. The van der Waals surface area contributed by atoms with Crippen LogP contribution in [0.5, 0.6) is 0 Å². The van der Waals surface area contributed by atoms with Gasteiger partial charge in [-0.2, -0.15) is 0 Å². The zero-order valence-corrected chi connectivity index (χ0v) is 37.0. The quantitative estimate of drug-likeness (QED) is 0.0470. The molecule has 0 bridgehead atoms. The van der Waals surface area contributed by atoms with E-state index in [4.69, 9.17) is 15.2 Å². The molecule has 14 nitrogen and oxygen atoms in total. The smallest absolute Gasteiger partial charge is 0.407 e. The van der Waals surface area contributed by atoms with Gasteiger partial charge in [-0.05, 0) is 99.5 Å². The van der Waals surface area contributed by atoms with Gasteiger partial charge >= 0.3 is 12.1 Å². The van der Waals surface area contributed by atoms with Crippen LogP contribution in [0.3, 0.4) is 0 Å². The largest absolute Gasteiger partial charge is 0.444 e. The lowest BCUT2D eigenvalue weighted by molar-refractivity contribution is -0.131. The number of hydrogen-bond acceptors (Lipinski definition) is 10. The van der Waals surface area contributed by atoms with E-state index in [1.807, 2.05) is 0 Å². The molecule has 0 aliphatic carbocycles. The summed E-state index contributed by atoms with van der Waals surface area (Å²) in [6.45, 7) is 5.75. The van der Waals surface area contributed by atoms with Crippen molar-refractivity contribution in [3.8, 4) is 0 Å². The van der Waals surface area contributed by atoms with Gasteiger partial charge in [-0.3, -0.25) is 29.5 Å². The molecule has 5 N–H and O–H groups in total. The fraction of sp³-hybridized carbons (Fsp3) is 0.408. The van der Waals surface area contributed by atoms with Crippen molar-refractivity contribution in [1.82, 2.24) is 25.8 Å². The lowest BCUT2D eigenvalue weighted by Gasteiger charge is -2.34. The molecular weight excluding hydrogens is 839 g/mol. The zero-order chi connectivity index (χ0) is 47.0. The van der Waals surface area contributed by atoms with E-state index < -0.39 is 76.8 Å². The predicted molar refractivity (Wildman–Crippen MR) is 238 cm³/mol. The number of imide groups is 1. The normalized spacial score (nSPS) is 15.1. The minimum atomic E-state index is -1.83. The average Bonchev–Trinajstić information content (AvgIpc) is 3.29. The van der Waals surface area contributed by atoms with Gasteiger partial charge in [0.2, 0.25) is 5.91 Å². The molecule has 1 saturated heterocycles. The number of nitrogens with zero attached hydrogens (tertiary/aromatic N) is 2. The topological polar surface area (TPSA) is 199 Å². The third-order valence-corrected chi connectivity index (χ3v) is 11.1. The van der Waals surface area contributed by atoms with Crippen LogP contribution < -0.4 is 21.7 Å². The molecule has 2 heterocycles. The molecule has 16 heteroatoms. The van der Waals surface area contributed by atoms with E-state index in [9.17, 15) is 32.8 Å². The molecule has 1 aliphatic heterocycles. The lowest BCUT2D eigenvalue weighted by atomic mass is 9.67. The molecule has 4 aromatic rings. The summed E-state index contributed by atoms with van der Waals surface area (Å²) < 4.78 is 38.7. The molecule has 1 aliphatic rings. The molecule has 1 aromatic heterocycles. The Morgan fingerprint density at radius 1 is 0.800 bits per heavy atom. The monoisotopic (exact) mass is 896 g/mol. The van der Waals surface area contributed by atoms with E-state index in [0.29, 0.717) is 43.6 Å². The van der Waals surface area contributed by atoms with Crippen molar-refractivity contribution in [2.24, 2.45) is 17.1 Å². The highest BCUT2D eigenvalue weighted by atomic mass is 19.1. The van der Waals surface area contributed by atoms with Crippen molar-refractivity contribution < 1.29 is 47.0 Å². The summed E-state index contributed by atoms with van der Waals surface area (Å²) in [5, 5.41) is 7.68. The van der Waals surface area contributed by atoms with Crippen molar-refractivity contribution in [1.29, 1.82) is 0 Å². The van der Waals surface area contributed by atoms with Crippen LogP contribution in [0.1, 0.15) is 73.6 Å². The molecule has 1 fully saturated rings. The number of rotatable bonds is 20. The molecule has 65 heavy (non-hydrogen) atoms. The Bertz CT molecular complexity index is 2220. The Kier molecular flexibility index (Phi) is 18.0. The number of pyridine rings is 1. The molecule has 3 aromatic carbocycles. The maximum absolute atomic E-state index is 15.3. The summed E-state index contributed by atoms with van der Waals surface area (Å²) in [7, 11) is 0. The van der Waals surface area contributed by atoms with Gasteiger partial charge in [0.05, 0.1) is 24.7 Å². The van der Waals surface area contributed by atoms with Gasteiger partial charge in [0.15, 0.2) is 5.78 Å². The fourth-order valence-corrected chi connectivity index (χ4v) is 7.61. The number of carbonyl (C=O) groups excluding carboxylic acids is 6. The van der Waals surface area contributed by atoms with Gasteiger partial charge in [0.25, 0.3) is 5.91 Å². The van der Waals surface area contributed by atoms with E-state index >= 15 is 4.79 Å². The number of nitrogens with one attached hydrogen (secondary N) is 3. The first-order valence-electron chi connectivity index (χ1n) is 21.8. The first-order valence-corrected chi connectivity index (χ1v) is 21.8. The van der Waals surface area contributed by atoms with Crippen LogP contribution in [0, 0.1) is 23.0 Å². The fourth-order valence-electron chi connectivity index (χ4n) is 7.61. The Labute approximate surface area is 378 Å². The zero-order valence-electron chi connectivity index (χ0n) is 37.0. The number of aryl methyl sites for hydroxylation is 1. The number of nitrogens with two attached hydrogens (primary N) is 1. The number of ether oxygens (including phenoxy) is 2. The van der Waals surface area contributed by atoms with Crippen molar-refractivity contribution in [3.05, 3.63) is 137 Å². The van der Waals surface area contributed by atoms with Gasteiger partial charge in [-0.15, -0.1) is 0 Å². The maximum atomic E-state index is 15.3. The predicted octanol–water partition coefficient (Wildman–Crippen LogP) is 5.91. The SMILES string of the molecule is CC(C)(C)OC(=O)NCC(CC(=O)C(CCCCc1ccc(F)cc1)(Cc1ccc(F)cc1)C(=O)c1ccccn1)C(N)C(=O)NC(Cc1ccccc1)C(=O)NC(=O)N1CCOCC1. The molecule has 4 atom stereocenters. The summed E-state index contributed by atoms with van der Waals surface area (Å²) in [4.78, 5) is 90.1. The Morgan fingerprint density at radius 3 is 2.05 bits per heavy atom. The van der Waals surface area contributed by atoms with Gasteiger partial charge in [-0.25, -0.2) is 18.4 Å². The second kappa shape index (κ2) is 23.5. The molecular formula is C49H58F2N6O8. The number of aromatic nitrogens is 1. The van der Waals surface area contributed by atoms with Gasteiger partial charge < -0.3 is 30.7 Å². The van der Waals surface area contributed by atoms with Crippen LogP contribution in [0.15, 0.2) is 103 Å². The summed E-state index contributed by atoms with van der Waals surface area (Å²) in [6.07, 6.45) is 1.23. The standard InChI is InChI=1S/C49H58F2N6O8/c1-48(2,3)65-47(63)54-32-36(42(52)45(61)55-40(29-34-12-5-4-6-13-34)44(60)56-46(62)57-25-27-64-28-26-57)30-41(58)49(31-35-17-21-38(51)22-18-35,43(59)39-14-8-10-24-53-39)23-9-7-11-33-15-19-37(50)20-16-33/h4-6,8,10,12-22,24,36,40,42H,7,9,11,23,25-32,52H2,1-3H3,(H,54,63)(H,55,61)(H,56,60,62). The van der Waals surface area contributed by atoms with Crippen molar-refractivity contribution in [2.75, 3.05) is 32.8 Å². The molecule has 0 saturated carbocycles. The number of carbonyl (C=O) groups is 6. The van der Waals surface area contributed by atoms with E-state index in [0.717, 1.165) is 5.56 Å². The summed E-state index contributed by atoms with van der Waals surface area (Å²) in [6, 6.07) is 21.5. The first kappa shape index (κ1) is 49.6. The number of halogens is 2. The first-order chi connectivity index (χ1) is 31.0. The highest BCUT2D eigenvalue weighted by Crippen LogP contribution is 2.37. The molecule has 5 rings (SSSR count). The lowest BCUT2D eigenvalue weighted by Crippen LogP contribution is -2.58. The third-order valence-electron chi connectivity index (χ3n) is 11.1. The minimum Gasteiger partial charge on any atom is -0.444 e. The van der Waals surface area contributed by atoms with Crippen LogP contribution >= 0.6 is 0 Å². The molecule has 0 radical (unpaired) electrons.